The number of piperidine rings is 1. The highest BCUT2D eigenvalue weighted by Crippen LogP contribution is 2.26. The van der Waals surface area contributed by atoms with Crippen molar-refractivity contribution in [3.63, 3.8) is 0 Å². The molecule has 0 aliphatic carbocycles. The summed E-state index contributed by atoms with van der Waals surface area (Å²) in [7, 11) is 0. The molecule has 1 aliphatic rings. The van der Waals surface area contributed by atoms with Gasteiger partial charge in [-0.05, 0) is 54.5 Å². The number of anilines is 1. The first-order chi connectivity index (χ1) is 14.0. The molecule has 0 spiro atoms. The molecule has 3 aromatic rings. The van der Waals surface area contributed by atoms with Crippen LogP contribution in [0.1, 0.15) is 44.1 Å². The summed E-state index contributed by atoms with van der Waals surface area (Å²) in [5.74, 6) is 1.54. The lowest BCUT2D eigenvalue weighted by atomic mass is 9.91. The Morgan fingerprint density at radius 2 is 1.76 bits per heavy atom. The van der Waals surface area contributed by atoms with Crippen LogP contribution in [0.4, 0.5) is 5.69 Å². The van der Waals surface area contributed by atoms with Crippen molar-refractivity contribution in [3.05, 3.63) is 64.6 Å². The van der Waals surface area contributed by atoms with E-state index in [-0.39, 0.29) is 0 Å². The smallest absolute Gasteiger partial charge is 0.137 e. The second kappa shape index (κ2) is 8.76. The van der Waals surface area contributed by atoms with Crippen molar-refractivity contribution < 1.29 is 0 Å². The third-order valence-electron chi connectivity index (χ3n) is 5.89. The minimum absolute atomic E-state index is 0.732. The molecule has 1 aromatic carbocycles. The molecule has 5 heteroatoms. The number of fused-ring (bicyclic) bond motifs is 1. The zero-order chi connectivity index (χ0) is 20.4. The molecule has 1 aliphatic heterocycles. The Bertz CT molecular complexity index is 953. The molecule has 4 nitrogen and oxygen atoms in total. The summed E-state index contributed by atoms with van der Waals surface area (Å²) < 4.78 is 2.11. The van der Waals surface area contributed by atoms with Crippen LogP contribution in [-0.2, 0) is 19.5 Å². The van der Waals surface area contributed by atoms with Gasteiger partial charge in [0.2, 0.25) is 0 Å². The van der Waals surface area contributed by atoms with Crippen LogP contribution in [0.2, 0.25) is 5.02 Å². The van der Waals surface area contributed by atoms with Gasteiger partial charge in [0.1, 0.15) is 5.65 Å². The molecule has 1 saturated heterocycles. The van der Waals surface area contributed by atoms with E-state index in [0.29, 0.717) is 0 Å². The van der Waals surface area contributed by atoms with Crippen LogP contribution in [0.25, 0.3) is 5.65 Å². The highest BCUT2D eigenvalue weighted by atomic mass is 35.5. The summed E-state index contributed by atoms with van der Waals surface area (Å²) in [6.07, 6.45) is 4.21. The zero-order valence-electron chi connectivity index (χ0n) is 17.7. The van der Waals surface area contributed by atoms with E-state index in [4.69, 9.17) is 16.6 Å². The molecule has 4 rings (SSSR count). The second-order valence-electron chi connectivity index (χ2n) is 8.56. The average molecular weight is 411 g/mol. The Labute approximate surface area is 178 Å². The van der Waals surface area contributed by atoms with Crippen molar-refractivity contribution in [2.45, 2.75) is 46.7 Å². The van der Waals surface area contributed by atoms with E-state index < -0.39 is 0 Å². The Morgan fingerprint density at radius 3 is 2.45 bits per heavy atom. The van der Waals surface area contributed by atoms with Gasteiger partial charge in [0, 0.05) is 38.1 Å². The van der Waals surface area contributed by atoms with Gasteiger partial charge in [-0.15, -0.1) is 0 Å². The average Bonchev–Trinajstić information content (AvgIpc) is 3.05. The van der Waals surface area contributed by atoms with E-state index in [1.165, 1.54) is 36.5 Å². The molecule has 2 unspecified atom stereocenters. The maximum absolute atomic E-state index is 6.20. The van der Waals surface area contributed by atoms with Crippen LogP contribution in [0.3, 0.4) is 0 Å². The SMILES string of the molecule is CCc1nc2ccc(Cl)cn2c1CNCc1ccc(N2CC(C)CC(C)C2)cc1. The van der Waals surface area contributed by atoms with Crippen LogP contribution >= 0.6 is 11.6 Å². The van der Waals surface area contributed by atoms with E-state index in [1.807, 2.05) is 18.3 Å². The monoisotopic (exact) mass is 410 g/mol. The molecule has 2 aromatic heterocycles. The number of nitrogens with zero attached hydrogens (tertiary/aromatic N) is 3. The van der Waals surface area contributed by atoms with Crippen molar-refractivity contribution in [2.24, 2.45) is 11.8 Å². The van der Waals surface area contributed by atoms with Crippen LogP contribution in [0.5, 0.6) is 0 Å². The summed E-state index contributed by atoms with van der Waals surface area (Å²) in [4.78, 5) is 7.27. The third kappa shape index (κ3) is 4.59. The lowest BCUT2D eigenvalue weighted by molar-refractivity contribution is 0.357. The van der Waals surface area contributed by atoms with Gasteiger partial charge in [-0.1, -0.05) is 44.5 Å². The fraction of sp³-hybridized carbons (Fsp3) is 0.458. The molecular weight excluding hydrogens is 380 g/mol. The number of pyridine rings is 1. The summed E-state index contributed by atoms with van der Waals surface area (Å²) >= 11 is 6.20. The first kappa shape index (κ1) is 20.2. The second-order valence-corrected chi connectivity index (χ2v) is 8.99. The molecule has 0 saturated carbocycles. The minimum Gasteiger partial charge on any atom is -0.371 e. The molecule has 1 N–H and O–H groups in total. The molecule has 29 heavy (non-hydrogen) atoms. The minimum atomic E-state index is 0.732. The van der Waals surface area contributed by atoms with Crippen molar-refractivity contribution in [1.29, 1.82) is 0 Å². The van der Waals surface area contributed by atoms with Gasteiger partial charge in [-0.3, -0.25) is 0 Å². The van der Waals surface area contributed by atoms with Crippen LogP contribution in [0.15, 0.2) is 42.6 Å². The summed E-state index contributed by atoms with van der Waals surface area (Å²) in [6.45, 7) is 10.8. The van der Waals surface area contributed by atoms with E-state index in [1.54, 1.807) is 0 Å². The quantitative estimate of drug-likeness (QED) is 0.596. The largest absolute Gasteiger partial charge is 0.371 e. The van der Waals surface area contributed by atoms with Gasteiger partial charge in [0.05, 0.1) is 16.4 Å². The van der Waals surface area contributed by atoms with Gasteiger partial charge < -0.3 is 14.6 Å². The number of hydrogen-bond donors (Lipinski definition) is 1. The molecule has 0 amide bonds. The predicted molar refractivity (Wildman–Crippen MR) is 122 cm³/mol. The summed E-state index contributed by atoms with van der Waals surface area (Å²) in [5.41, 5.74) is 5.92. The third-order valence-corrected chi connectivity index (χ3v) is 6.11. The molecule has 0 radical (unpaired) electrons. The summed E-state index contributed by atoms with van der Waals surface area (Å²) in [6, 6.07) is 12.9. The fourth-order valence-corrected chi connectivity index (χ4v) is 4.77. The molecule has 3 heterocycles. The number of rotatable bonds is 6. The van der Waals surface area contributed by atoms with Crippen LogP contribution in [0, 0.1) is 11.8 Å². The number of hydrogen-bond acceptors (Lipinski definition) is 3. The standard InChI is InChI=1S/C24H31ClN4/c1-4-22-23(29-16-20(25)7-10-24(29)27-22)13-26-12-19-5-8-21(9-6-19)28-14-17(2)11-18(3)15-28/h5-10,16-18,26H,4,11-15H2,1-3H3. The van der Waals surface area contributed by atoms with Gasteiger partial charge in [0.15, 0.2) is 0 Å². The predicted octanol–water partition coefficient (Wildman–Crippen LogP) is 5.32. The number of halogens is 1. The van der Waals surface area contributed by atoms with E-state index >= 15 is 0 Å². The van der Waals surface area contributed by atoms with Crippen molar-refractivity contribution in [3.8, 4) is 0 Å². The maximum Gasteiger partial charge on any atom is 0.137 e. The van der Waals surface area contributed by atoms with E-state index in [2.05, 4.69) is 59.7 Å². The van der Waals surface area contributed by atoms with Gasteiger partial charge in [-0.25, -0.2) is 4.98 Å². The van der Waals surface area contributed by atoms with Crippen molar-refractivity contribution in [1.82, 2.24) is 14.7 Å². The molecule has 0 bridgehead atoms. The Balaban J connectivity index is 1.40. The summed E-state index contributed by atoms with van der Waals surface area (Å²) in [5, 5.41) is 4.32. The number of aryl methyl sites for hydroxylation is 1. The Hall–Kier alpha value is -2.04. The lowest BCUT2D eigenvalue weighted by Gasteiger charge is -2.36. The van der Waals surface area contributed by atoms with Crippen LogP contribution in [-0.4, -0.2) is 22.5 Å². The lowest BCUT2D eigenvalue weighted by Crippen LogP contribution is -2.38. The first-order valence-corrected chi connectivity index (χ1v) is 11.1. The zero-order valence-corrected chi connectivity index (χ0v) is 18.4. The fourth-order valence-electron chi connectivity index (χ4n) is 4.61. The topological polar surface area (TPSA) is 32.6 Å². The maximum atomic E-state index is 6.20. The molecule has 1 fully saturated rings. The van der Waals surface area contributed by atoms with E-state index in [0.717, 1.165) is 47.7 Å². The molecule has 154 valence electrons. The highest BCUT2D eigenvalue weighted by molar-refractivity contribution is 6.30. The normalized spacial score (nSPS) is 19.8. The number of imidazole rings is 1. The van der Waals surface area contributed by atoms with Crippen molar-refractivity contribution >= 4 is 22.9 Å². The van der Waals surface area contributed by atoms with Gasteiger partial charge >= 0.3 is 0 Å². The van der Waals surface area contributed by atoms with Gasteiger partial charge in [0.25, 0.3) is 0 Å². The van der Waals surface area contributed by atoms with E-state index in [9.17, 15) is 0 Å². The molecular formula is C24H31ClN4. The molecule has 2 atom stereocenters. The number of benzene rings is 1. The number of nitrogens with one attached hydrogen (secondary N) is 1. The highest BCUT2D eigenvalue weighted by Gasteiger charge is 2.21. The Morgan fingerprint density at radius 1 is 1.03 bits per heavy atom. The number of aromatic nitrogens is 2. The Kier molecular flexibility index (Phi) is 6.12. The first-order valence-electron chi connectivity index (χ1n) is 10.7. The van der Waals surface area contributed by atoms with Gasteiger partial charge in [-0.2, -0.15) is 0 Å². The van der Waals surface area contributed by atoms with Crippen LogP contribution < -0.4 is 10.2 Å². The van der Waals surface area contributed by atoms with Crippen molar-refractivity contribution in [2.75, 3.05) is 18.0 Å².